The van der Waals surface area contributed by atoms with Gasteiger partial charge in [-0.2, -0.15) is 0 Å². The van der Waals surface area contributed by atoms with Crippen molar-refractivity contribution in [3.63, 3.8) is 0 Å². The highest BCUT2D eigenvalue weighted by Gasteiger charge is 2.06. The number of unbranched alkanes of at least 4 members (excludes halogenated alkanes) is 1. The Hall–Kier alpha value is 0.0899. The van der Waals surface area contributed by atoms with E-state index in [0.717, 1.165) is 12.5 Å². The van der Waals surface area contributed by atoms with Crippen LogP contribution in [0.2, 0.25) is 6.32 Å². The van der Waals surface area contributed by atoms with Gasteiger partial charge in [-0.25, -0.2) is 0 Å². The van der Waals surface area contributed by atoms with Crippen molar-refractivity contribution in [2.24, 2.45) is 5.92 Å². The number of rotatable bonds is 8. The molecule has 0 heterocycles. The Bertz CT molecular complexity index is 80.6. The normalized spacial score (nSPS) is 12.8. The lowest BCUT2D eigenvalue weighted by molar-refractivity contribution is 0.144. The highest BCUT2D eigenvalue weighted by molar-refractivity contribution is 6.89. The van der Waals surface area contributed by atoms with E-state index in [4.69, 9.17) is 4.74 Å². The van der Waals surface area contributed by atoms with Crippen molar-refractivity contribution in [2.45, 2.75) is 38.9 Å². The molecule has 0 N–H and O–H groups in total. The van der Waals surface area contributed by atoms with Crippen LogP contribution in [0.25, 0.3) is 0 Å². The van der Waals surface area contributed by atoms with E-state index in [0.29, 0.717) is 0 Å². The first-order valence-electron chi connectivity index (χ1n) is 5.34. The molecule has 3 heteroatoms. The van der Waals surface area contributed by atoms with Gasteiger partial charge in [0.2, 0.25) is 0 Å². The lowest BCUT2D eigenvalue weighted by Crippen LogP contribution is -2.09. The molecule has 1 nitrogen and oxygen atoms in total. The van der Waals surface area contributed by atoms with Gasteiger partial charge in [-0.05, 0) is 12.3 Å². The Morgan fingerprint density at radius 1 is 1.42 bits per heavy atom. The molecule has 1 atom stereocenters. The van der Waals surface area contributed by atoms with Crippen molar-refractivity contribution in [1.29, 1.82) is 0 Å². The van der Waals surface area contributed by atoms with Crippen molar-refractivity contribution < 1.29 is 4.74 Å². The summed E-state index contributed by atoms with van der Waals surface area (Å²) in [5.41, 5.74) is 0. The molecule has 0 bridgehead atoms. The van der Waals surface area contributed by atoms with Gasteiger partial charge in [-0.15, -0.1) is 0 Å². The quantitative estimate of drug-likeness (QED) is 0.495. The molecule has 0 aliphatic heterocycles. The van der Waals surface area contributed by atoms with Crippen LogP contribution in [-0.4, -0.2) is 28.6 Å². The Labute approximate surface area is 78.9 Å². The molecular formula is C9H22B2O. The summed E-state index contributed by atoms with van der Waals surface area (Å²) in [5.74, 6) is 0.815. The maximum absolute atomic E-state index is 5.20. The average molecular weight is 168 g/mol. The summed E-state index contributed by atoms with van der Waals surface area (Å²) in [6, 6.07) is 0. The second-order valence-electron chi connectivity index (χ2n) is 3.61. The van der Waals surface area contributed by atoms with Crippen LogP contribution in [-0.2, 0) is 4.74 Å². The van der Waals surface area contributed by atoms with Crippen LogP contribution in [0.5, 0.6) is 0 Å². The molecule has 0 aromatic rings. The van der Waals surface area contributed by atoms with Gasteiger partial charge in [0.15, 0.2) is 0 Å². The summed E-state index contributed by atoms with van der Waals surface area (Å²) < 4.78 is 5.20. The van der Waals surface area contributed by atoms with E-state index in [2.05, 4.69) is 14.7 Å². The molecule has 70 valence electrons. The van der Waals surface area contributed by atoms with Crippen molar-refractivity contribution in [1.82, 2.24) is 0 Å². The second-order valence-corrected chi connectivity index (χ2v) is 3.61. The Balaban J connectivity index is 3.40. The lowest BCUT2D eigenvalue weighted by Gasteiger charge is -2.14. The van der Waals surface area contributed by atoms with E-state index in [1.54, 1.807) is 0 Å². The van der Waals surface area contributed by atoms with E-state index < -0.39 is 0 Å². The van der Waals surface area contributed by atoms with E-state index in [-0.39, 0.29) is 0 Å². The van der Waals surface area contributed by atoms with Crippen LogP contribution < -0.4 is 0 Å². The molecule has 0 aliphatic rings. The topological polar surface area (TPSA) is 9.23 Å². The first-order chi connectivity index (χ1) is 5.85. The van der Waals surface area contributed by atoms with Gasteiger partial charge in [0, 0.05) is 13.7 Å². The summed E-state index contributed by atoms with van der Waals surface area (Å²) in [4.78, 5) is 0. The fourth-order valence-electron chi connectivity index (χ4n) is 1.53. The van der Waals surface area contributed by atoms with Crippen LogP contribution >= 0.6 is 0 Å². The fraction of sp³-hybridized carbons (Fsp3) is 1.00. The molecule has 0 rings (SSSR count). The second kappa shape index (κ2) is 9.18. The van der Waals surface area contributed by atoms with Crippen LogP contribution in [0.4, 0.5) is 0 Å². The summed E-state index contributed by atoms with van der Waals surface area (Å²) >= 11 is 0. The van der Waals surface area contributed by atoms with Gasteiger partial charge in [0.1, 0.15) is 0 Å². The predicted molar refractivity (Wildman–Crippen MR) is 60.0 cm³/mol. The zero-order chi connectivity index (χ0) is 9.23. The number of methoxy groups -OCH3 is 1. The Morgan fingerprint density at radius 2 is 2.17 bits per heavy atom. The zero-order valence-corrected chi connectivity index (χ0v) is 8.94. The minimum Gasteiger partial charge on any atom is -0.384 e. The maximum Gasteiger partial charge on any atom is 0.0821 e. The van der Waals surface area contributed by atoms with Crippen molar-refractivity contribution in [3.8, 4) is 0 Å². The maximum atomic E-state index is 5.20. The first kappa shape index (κ1) is 12.1. The SMILES string of the molecule is BBCCC(CCCC)COC. The molecule has 0 aromatic carbocycles. The largest absolute Gasteiger partial charge is 0.384 e. The Kier molecular flexibility index (Phi) is 9.25. The van der Waals surface area contributed by atoms with Gasteiger partial charge in [0.25, 0.3) is 0 Å². The van der Waals surface area contributed by atoms with Gasteiger partial charge >= 0.3 is 0 Å². The minimum atomic E-state index is 0.815. The third-order valence-electron chi connectivity index (χ3n) is 2.33. The van der Waals surface area contributed by atoms with Gasteiger partial charge in [0.05, 0.1) is 14.9 Å². The fourth-order valence-corrected chi connectivity index (χ4v) is 1.53. The van der Waals surface area contributed by atoms with E-state index in [9.17, 15) is 0 Å². The van der Waals surface area contributed by atoms with Crippen LogP contribution in [0.1, 0.15) is 32.6 Å². The zero-order valence-electron chi connectivity index (χ0n) is 8.94. The lowest BCUT2D eigenvalue weighted by atomic mass is 9.52. The molecule has 0 amide bonds. The molecule has 0 aliphatic carbocycles. The molecule has 0 aromatic heterocycles. The smallest absolute Gasteiger partial charge is 0.0821 e. The van der Waals surface area contributed by atoms with E-state index >= 15 is 0 Å². The number of hydrogen-bond acceptors (Lipinski definition) is 1. The molecule has 1 unspecified atom stereocenters. The summed E-state index contributed by atoms with van der Waals surface area (Å²) in [6.45, 7) is 3.21. The average Bonchev–Trinajstić information content (AvgIpc) is 2.10. The summed E-state index contributed by atoms with van der Waals surface area (Å²) in [5, 5.41) is 0. The number of ether oxygens (including phenoxy) is 1. The molecular weight excluding hydrogens is 146 g/mol. The molecule has 0 saturated heterocycles. The summed E-state index contributed by atoms with van der Waals surface area (Å²) in [6.07, 6.45) is 6.73. The van der Waals surface area contributed by atoms with Crippen molar-refractivity contribution in [3.05, 3.63) is 0 Å². The predicted octanol–water partition coefficient (Wildman–Crippen LogP) is 1.23. The molecule has 0 fully saturated rings. The highest BCUT2D eigenvalue weighted by atomic mass is 16.5. The first-order valence-corrected chi connectivity index (χ1v) is 5.34. The van der Waals surface area contributed by atoms with Crippen molar-refractivity contribution in [2.75, 3.05) is 13.7 Å². The third-order valence-corrected chi connectivity index (χ3v) is 2.33. The van der Waals surface area contributed by atoms with E-state index in [1.165, 1.54) is 39.2 Å². The highest BCUT2D eigenvalue weighted by Crippen LogP contribution is 2.14. The third kappa shape index (κ3) is 6.78. The van der Waals surface area contributed by atoms with Gasteiger partial charge in [-0.1, -0.05) is 32.5 Å². The van der Waals surface area contributed by atoms with Crippen LogP contribution in [0, 0.1) is 5.92 Å². The summed E-state index contributed by atoms with van der Waals surface area (Å²) in [7, 11) is 5.38. The number of hydrogen-bond donors (Lipinski definition) is 0. The van der Waals surface area contributed by atoms with E-state index in [1.807, 2.05) is 7.11 Å². The van der Waals surface area contributed by atoms with Gasteiger partial charge < -0.3 is 4.74 Å². The Morgan fingerprint density at radius 3 is 2.67 bits per heavy atom. The molecule has 0 saturated carbocycles. The molecule has 0 radical (unpaired) electrons. The van der Waals surface area contributed by atoms with Crippen molar-refractivity contribution >= 4 is 14.9 Å². The standard InChI is InChI=1S/C9H22B2O/c1-3-4-5-9(8-12-2)6-7-11-10/h9,11H,3-8,10H2,1-2H3. The monoisotopic (exact) mass is 168 g/mol. The minimum absolute atomic E-state index is 0.815. The molecule has 12 heavy (non-hydrogen) atoms. The van der Waals surface area contributed by atoms with Crippen LogP contribution in [0.15, 0.2) is 0 Å². The molecule has 0 spiro atoms. The van der Waals surface area contributed by atoms with Crippen LogP contribution in [0.3, 0.4) is 0 Å². The van der Waals surface area contributed by atoms with Gasteiger partial charge in [-0.3, -0.25) is 0 Å².